The molecule has 1 amide bonds. The van der Waals surface area contributed by atoms with Crippen molar-refractivity contribution in [3.63, 3.8) is 0 Å². The zero-order valence-corrected chi connectivity index (χ0v) is 17.4. The summed E-state index contributed by atoms with van der Waals surface area (Å²) in [5.41, 5.74) is -1.48. The molecule has 1 heterocycles. The number of non-ortho nitro benzene ring substituents is 1. The average molecular weight is 434 g/mol. The van der Waals surface area contributed by atoms with Gasteiger partial charge in [-0.25, -0.2) is 4.79 Å². The number of likely N-dealkylation sites (tertiary alicyclic amines) is 1. The zero-order chi connectivity index (χ0) is 22.5. The van der Waals surface area contributed by atoms with Gasteiger partial charge in [0, 0.05) is 31.1 Å². The lowest BCUT2D eigenvalue weighted by molar-refractivity contribution is -0.393. The van der Waals surface area contributed by atoms with Gasteiger partial charge in [-0.15, -0.1) is 0 Å². The van der Waals surface area contributed by atoms with E-state index in [9.17, 15) is 29.8 Å². The van der Waals surface area contributed by atoms with E-state index in [-0.39, 0.29) is 29.1 Å². The van der Waals surface area contributed by atoms with E-state index in [0.29, 0.717) is 25.9 Å². The Hall–Kier alpha value is -3.24. The van der Waals surface area contributed by atoms with Gasteiger partial charge in [0.05, 0.1) is 28.6 Å². The molecule has 1 aliphatic heterocycles. The molecule has 1 saturated heterocycles. The number of piperidine rings is 1. The number of ether oxygens (including phenoxy) is 1. The molecule has 1 N–H and O–H groups in total. The van der Waals surface area contributed by atoms with Gasteiger partial charge >= 0.3 is 5.97 Å². The van der Waals surface area contributed by atoms with Crippen molar-refractivity contribution < 1.29 is 24.2 Å². The second-order valence-electron chi connectivity index (χ2n) is 7.97. The van der Waals surface area contributed by atoms with Crippen LogP contribution in [0.1, 0.15) is 55.3 Å². The molecular formula is C20H26N4O7. The minimum absolute atomic E-state index is 0.0833. The van der Waals surface area contributed by atoms with E-state index in [4.69, 9.17) is 0 Å². The van der Waals surface area contributed by atoms with E-state index < -0.39 is 27.2 Å². The molecule has 1 aromatic carbocycles. The van der Waals surface area contributed by atoms with Gasteiger partial charge in [-0.2, -0.15) is 0 Å². The maximum Gasteiger partial charge on any atom is 0.340 e. The van der Waals surface area contributed by atoms with Gasteiger partial charge in [-0.1, -0.05) is 19.3 Å². The number of amides is 1. The molecule has 0 atom stereocenters. The molecule has 2 fully saturated rings. The lowest BCUT2D eigenvalue weighted by Crippen LogP contribution is -2.45. The predicted octanol–water partition coefficient (Wildman–Crippen LogP) is 3.27. The van der Waals surface area contributed by atoms with Gasteiger partial charge in [0.15, 0.2) is 0 Å². The van der Waals surface area contributed by atoms with Gasteiger partial charge in [-0.05, 0) is 25.7 Å². The average Bonchev–Trinajstić information content (AvgIpc) is 2.78. The molecule has 31 heavy (non-hydrogen) atoms. The zero-order valence-electron chi connectivity index (χ0n) is 17.4. The van der Waals surface area contributed by atoms with E-state index in [2.05, 4.69) is 10.1 Å². The number of benzene rings is 1. The Bertz CT molecular complexity index is 875. The predicted molar refractivity (Wildman–Crippen MR) is 111 cm³/mol. The van der Waals surface area contributed by atoms with Crippen molar-refractivity contribution in [2.75, 3.05) is 25.5 Å². The molecule has 0 radical (unpaired) electrons. The summed E-state index contributed by atoms with van der Waals surface area (Å²) in [6.07, 6.45) is 6.28. The normalized spacial score (nSPS) is 17.8. The Morgan fingerprint density at radius 3 is 2.23 bits per heavy atom. The first-order chi connectivity index (χ1) is 14.8. The molecule has 1 saturated carbocycles. The molecule has 11 nitrogen and oxygen atoms in total. The monoisotopic (exact) mass is 434 g/mol. The summed E-state index contributed by atoms with van der Waals surface area (Å²) in [6.45, 7) is 1.03. The highest BCUT2D eigenvalue weighted by atomic mass is 16.6. The molecular weight excluding hydrogens is 408 g/mol. The first-order valence-electron chi connectivity index (χ1n) is 10.4. The van der Waals surface area contributed by atoms with Crippen molar-refractivity contribution >= 4 is 28.9 Å². The Balaban J connectivity index is 1.76. The van der Waals surface area contributed by atoms with Crippen LogP contribution in [0.5, 0.6) is 0 Å². The molecule has 2 aliphatic rings. The third kappa shape index (κ3) is 5.09. The number of rotatable bonds is 6. The molecule has 1 aliphatic carbocycles. The van der Waals surface area contributed by atoms with Crippen molar-refractivity contribution in [3.05, 3.63) is 37.9 Å². The van der Waals surface area contributed by atoms with Crippen LogP contribution in [-0.2, 0) is 9.53 Å². The topological polar surface area (TPSA) is 145 Å². The maximum absolute atomic E-state index is 12.7. The molecule has 0 bridgehead atoms. The summed E-state index contributed by atoms with van der Waals surface area (Å²) in [5.74, 6) is -0.645. The SMILES string of the molecule is COC(=O)c1cc([N+](=O)[O-])cc([N+](=O)[O-])c1NC1CCN(C(=O)C2CCCCC2)CC1. The lowest BCUT2D eigenvalue weighted by Gasteiger charge is -2.35. The number of methoxy groups -OCH3 is 1. The van der Waals surface area contributed by atoms with Crippen molar-refractivity contribution in [1.82, 2.24) is 4.90 Å². The summed E-state index contributed by atoms with van der Waals surface area (Å²) < 4.78 is 4.67. The number of nitro benzene ring substituents is 2. The minimum Gasteiger partial charge on any atom is -0.465 e. The molecule has 168 valence electrons. The number of carbonyl (C=O) groups is 2. The summed E-state index contributed by atoms with van der Waals surface area (Å²) in [4.78, 5) is 47.9. The van der Waals surface area contributed by atoms with Crippen LogP contribution in [0.2, 0.25) is 0 Å². The fraction of sp³-hybridized carbons (Fsp3) is 0.600. The number of anilines is 1. The summed E-state index contributed by atoms with van der Waals surface area (Å²) in [6, 6.07) is 1.58. The largest absolute Gasteiger partial charge is 0.465 e. The van der Waals surface area contributed by atoms with Gasteiger partial charge in [0.1, 0.15) is 5.69 Å². The highest BCUT2D eigenvalue weighted by Gasteiger charge is 2.32. The fourth-order valence-electron chi connectivity index (χ4n) is 4.34. The third-order valence-electron chi connectivity index (χ3n) is 6.02. The van der Waals surface area contributed by atoms with Crippen molar-refractivity contribution in [1.29, 1.82) is 0 Å². The van der Waals surface area contributed by atoms with E-state index in [1.807, 2.05) is 4.90 Å². The Kier molecular flexibility index (Phi) is 7.03. The number of nitro groups is 2. The minimum atomic E-state index is -0.904. The molecule has 11 heteroatoms. The second kappa shape index (κ2) is 9.71. The molecule has 3 rings (SSSR count). The lowest BCUT2D eigenvalue weighted by atomic mass is 9.87. The van der Waals surface area contributed by atoms with Gasteiger partial charge in [-0.3, -0.25) is 25.0 Å². The van der Waals surface area contributed by atoms with Crippen LogP contribution < -0.4 is 5.32 Å². The Labute approximate surface area is 179 Å². The number of hydrogen-bond donors (Lipinski definition) is 1. The Morgan fingerprint density at radius 1 is 1.03 bits per heavy atom. The maximum atomic E-state index is 12.7. The highest BCUT2D eigenvalue weighted by molar-refractivity contribution is 5.99. The van der Waals surface area contributed by atoms with Crippen LogP contribution in [0.4, 0.5) is 17.1 Å². The van der Waals surface area contributed by atoms with Gasteiger partial charge < -0.3 is 15.0 Å². The Morgan fingerprint density at radius 2 is 1.68 bits per heavy atom. The van der Waals surface area contributed by atoms with Gasteiger partial charge in [0.2, 0.25) is 5.91 Å². The molecule has 0 spiro atoms. The third-order valence-corrected chi connectivity index (χ3v) is 6.02. The van der Waals surface area contributed by atoms with Crippen molar-refractivity contribution in [2.45, 2.75) is 51.0 Å². The van der Waals surface area contributed by atoms with Crippen LogP contribution in [0, 0.1) is 26.1 Å². The van der Waals surface area contributed by atoms with E-state index in [1.165, 1.54) is 6.42 Å². The highest BCUT2D eigenvalue weighted by Crippen LogP contribution is 2.35. The van der Waals surface area contributed by atoms with Crippen molar-refractivity contribution in [2.24, 2.45) is 5.92 Å². The number of hydrogen-bond acceptors (Lipinski definition) is 8. The standard InChI is InChI=1S/C20H26N4O7/c1-31-20(26)16-11-15(23(27)28)12-17(24(29)30)18(16)21-14-7-9-22(10-8-14)19(25)13-5-3-2-4-6-13/h11-14,21H,2-10H2,1H3. The van der Waals surface area contributed by atoms with E-state index >= 15 is 0 Å². The number of nitrogens with one attached hydrogen (secondary N) is 1. The summed E-state index contributed by atoms with van der Waals surface area (Å²) in [5, 5.41) is 25.7. The number of esters is 1. The fourth-order valence-corrected chi connectivity index (χ4v) is 4.34. The van der Waals surface area contributed by atoms with Crippen LogP contribution in [0.3, 0.4) is 0 Å². The quantitative estimate of drug-likeness (QED) is 0.408. The summed E-state index contributed by atoms with van der Waals surface area (Å²) in [7, 11) is 1.10. The van der Waals surface area contributed by atoms with Crippen LogP contribution in [-0.4, -0.2) is 52.9 Å². The summed E-state index contributed by atoms with van der Waals surface area (Å²) >= 11 is 0. The second-order valence-corrected chi connectivity index (χ2v) is 7.97. The number of carbonyl (C=O) groups excluding carboxylic acids is 2. The van der Waals surface area contributed by atoms with E-state index in [0.717, 1.165) is 44.9 Å². The first-order valence-corrected chi connectivity index (χ1v) is 10.4. The van der Waals surface area contributed by atoms with E-state index in [1.54, 1.807) is 0 Å². The number of nitrogens with zero attached hydrogens (tertiary/aromatic N) is 3. The van der Waals surface area contributed by atoms with Crippen LogP contribution in [0.25, 0.3) is 0 Å². The van der Waals surface area contributed by atoms with Crippen LogP contribution >= 0.6 is 0 Å². The molecule has 1 aromatic rings. The smallest absolute Gasteiger partial charge is 0.340 e. The first kappa shape index (κ1) is 22.4. The molecule has 0 aromatic heterocycles. The van der Waals surface area contributed by atoms with Crippen LogP contribution in [0.15, 0.2) is 12.1 Å². The van der Waals surface area contributed by atoms with Crippen molar-refractivity contribution in [3.8, 4) is 0 Å². The van der Waals surface area contributed by atoms with Gasteiger partial charge in [0.25, 0.3) is 11.4 Å². The molecule has 0 unspecified atom stereocenters.